The molecule has 0 amide bonds. The van der Waals surface area contributed by atoms with Gasteiger partial charge in [-0.1, -0.05) is 0 Å². The number of rotatable bonds is 3. The summed E-state index contributed by atoms with van der Waals surface area (Å²) in [5, 5.41) is -5.08. The molecule has 2 bridgehead atoms. The van der Waals surface area contributed by atoms with Crippen molar-refractivity contribution in [1.82, 2.24) is 0 Å². The predicted molar refractivity (Wildman–Crippen MR) is 62.8 cm³/mol. The Kier molecular flexibility index (Phi) is 3.34. The maximum Gasteiger partial charge on any atom is 0.465 e. The summed E-state index contributed by atoms with van der Waals surface area (Å²) in [7, 11) is -5.94. The lowest BCUT2D eigenvalue weighted by molar-refractivity contribution is -0.209. The van der Waals surface area contributed by atoms with Crippen LogP contribution in [0, 0.1) is 5.92 Å². The van der Waals surface area contributed by atoms with Crippen LogP contribution in [-0.4, -0.2) is 41.4 Å². The zero-order valence-electron chi connectivity index (χ0n) is 11.3. The van der Waals surface area contributed by atoms with Crippen molar-refractivity contribution in [3.05, 3.63) is 0 Å². The Balaban J connectivity index is 2.27. The van der Waals surface area contributed by atoms with E-state index >= 15 is 0 Å². The highest BCUT2D eigenvalue weighted by Crippen LogP contribution is 2.50. The number of carbonyl (C=O) groups is 2. The molecule has 0 aromatic heterocycles. The van der Waals surface area contributed by atoms with E-state index in [0.717, 1.165) is 0 Å². The SMILES string of the molecule is CC12CC(CCC1(C)OC(=O)C(F)(F)S(=O)(=O)O)C(=O)O2. The highest BCUT2D eigenvalue weighted by molar-refractivity contribution is 7.87. The van der Waals surface area contributed by atoms with Crippen molar-refractivity contribution in [2.75, 3.05) is 0 Å². The molecule has 0 spiro atoms. The summed E-state index contributed by atoms with van der Waals surface area (Å²) in [6.45, 7) is 2.72. The maximum absolute atomic E-state index is 13.3. The minimum absolute atomic E-state index is 0.0627. The Hall–Kier alpha value is -1.29. The van der Waals surface area contributed by atoms with Gasteiger partial charge in [0, 0.05) is 6.42 Å². The fourth-order valence-electron chi connectivity index (χ4n) is 2.69. The maximum atomic E-state index is 13.3. The van der Waals surface area contributed by atoms with Crippen LogP contribution in [-0.2, 0) is 29.2 Å². The van der Waals surface area contributed by atoms with E-state index in [1.54, 1.807) is 0 Å². The number of hydrogen-bond acceptors (Lipinski definition) is 6. The lowest BCUT2D eigenvalue weighted by Gasteiger charge is -2.44. The second-order valence-electron chi connectivity index (χ2n) is 5.70. The molecule has 1 aliphatic heterocycles. The van der Waals surface area contributed by atoms with Gasteiger partial charge in [-0.15, -0.1) is 0 Å². The highest BCUT2D eigenvalue weighted by Gasteiger charge is 2.64. The molecule has 1 saturated carbocycles. The second kappa shape index (κ2) is 4.35. The van der Waals surface area contributed by atoms with Gasteiger partial charge in [-0.2, -0.15) is 17.2 Å². The number of ether oxygens (including phenoxy) is 2. The average molecular weight is 328 g/mol. The van der Waals surface area contributed by atoms with Crippen molar-refractivity contribution in [3.8, 4) is 0 Å². The van der Waals surface area contributed by atoms with Crippen molar-refractivity contribution in [2.24, 2.45) is 5.92 Å². The van der Waals surface area contributed by atoms with Crippen LogP contribution >= 0.6 is 0 Å². The molecule has 1 N–H and O–H groups in total. The zero-order valence-corrected chi connectivity index (χ0v) is 12.1. The van der Waals surface area contributed by atoms with Gasteiger partial charge in [0.05, 0.1) is 5.92 Å². The number of hydrogen-bond donors (Lipinski definition) is 1. The highest BCUT2D eigenvalue weighted by atomic mass is 32.2. The summed E-state index contributed by atoms with van der Waals surface area (Å²) in [5.41, 5.74) is -2.90. The van der Waals surface area contributed by atoms with E-state index in [4.69, 9.17) is 9.29 Å². The van der Waals surface area contributed by atoms with Gasteiger partial charge in [0.15, 0.2) is 0 Å². The van der Waals surface area contributed by atoms with Crippen LogP contribution in [0.2, 0.25) is 0 Å². The quantitative estimate of drug-likeness (QED) is 0.605. The number of alkyl halides is 2. The normalized spacial score (nSPS) is 36.2. The third-order valence-corrected chi connectivity index (χ3v) is 5.08. The molecule has 0 aromatic rings. The third kappa shape index (κ3) is 2.30. The van der Waals surface area contributed by atoms with E-state index in [1.165, 1.54) is 13.8 Å². The van der Waals surface area contributed by atoms with Gasteiger partial charge in [0.1, 0.15) is 11.2 Å². The van der Waals surface area contributed by atoms with Gasteiger partial charge in [-0.3, -0.25) is 9.35 Å². The molecule has 10 heteroatoms. The van der Waals surface area contributed by atoms with Crippen LogP contribution in [0.1, 0.15) is 33.1 Å². The van der Waals surface area contributed by atoms with E-state index in [9.17, 15) is 26.8 Å². The molecule has 21 heavy (non-hydrogen) atoms. The molecule has 2 fully saturated rings. The lowest BCUT2D eigenvalue weighted by atomic mass is 9.71. The molecule has 0 radical (unpaired) electrons. The van der Waals surface area contributed by atoms with Gasteiger partial charge >= 0.3 is 27.3 Å². The molecular weight excluding hydrogens is 314 g/mol. The first-order valence-corrected chi connectivity index (χ1v) is 7.58. The summed E-state index contributed by atoms with van der Waals surface area (Å²) >= 11 is 0. The van der Waals surface area contributed by atoms with Crippen LogP contribution in [0.25, 0.3) is 0 Å². The predicted octanol–water partition coefficient (Wildman–Crippen LogP) is 0.885. The van der Waals surface area contributed by atoms with E-state index < -0.39 is 38.5 Å². The monoisotopic (exact) mass is 328 g/mol. The van der Waals surface area contributed by atoms with Crippen LogP contribution in [0.3, 0.4) is 0 Å². The van der Waals surface area contributed by atoms with E-state index in [-0.39, 0.29) is 25.2 Å². The second-order valence-corrected chi connectivity index (χ2v) is 7.17. The summed E-state index contributed by atoms with van der Waals surface area (Å²) in [4.78, 5) is 23.0. The molecule has 1 heterocycles. The number of halogens is 2. The first-order chi connectivity index (χ1) is 9.32. The molecular formula is C11H14F2O7S. The van der Waals surface area contributed by atoms with Gasteiger partial charge in [-0.25, -0.2) is 4.79 Å². The van der Waals surface area contributed by atoms with Crippen LogP contribution in [0.5, 0.6) is 0 Å². The summed E-state index contributed by atoms with van der Waals surface area (Å²) < 4.78 is 65.8. The van der Waals surface area contributed by atoms with Crippen molar-refractivity contribution >= 4 is 22.1 Å². The minimum Gasteiger partial charge on any atom is -0.455 e. The lowest BCUT2D eigenvalue weighted by Crippen LogP contribution is -2.56. The molecule has 120 valence electrons. The largest absolute Gasteiger partial charge is 0.465 e. The molecule has 2 aliphatic rings. The number of fused-ring (bicyclic) bond motifs is 2. The molecule has 2 rings (SSSR count). The first-order valence-electron chi connectivity index (χ1n) is 6.14. The van der Waals surface area contributed by atoms with E-state index in [0.29, 0.717) is 0 Å². The Bertz CT molecular complexity index is 602. The van der Waals surface area contributed by atoms with E-state index in [1.807, 2.05) is 0 Å². The first kappa shape index (κ1) is 16.1. The van der Waals surface area contributed by atoms with Gasteiger partial charge in [0.25, 0.3) is 0 Å². The third-order valence-electron chi connectivity index (χ3n) is 4.26. The molecule has 1 aliphatic carbocycles. The zero-order chi connectivity index (χ0) is 16.3. The molecule has 1 saturated heterocycles. The average Bonchev–Trinajstić information content (AvgIpc) is 2.57. The van der Waals surface area contributed by atoms with E-state index in [2.05, 4.69) is 4.74 Å². The van der Waals surface area contributed by atoms with Crippen LogP contribution in [0.15, 0.2) is 0 Å². The van der Waals surface area contributed by atoms with Crippen LogP contribution in [0.4, 0.5) is 8.78 Å². The molecule has 3 atom stereocenters. The Morgan fingerprint density at radius 2 is 2.05 bits per heavy atom. The summed E-state index contributed by atoms with van der Waals surface area (Å²) in [5.74, 6) is -3.28. The number of esters is 2. The van der Waals surface area contributed by atoms with Gasteiger partial charge < -0.3 is 9.47 Å². The van der Waals surface area contributed by atoms with Crippen molar-refractivity contribution in [3.63, 3.8) is 0 Å². The van der Waals surface area contributed by atoms with Gasteiger partial charge in [-0.05, 0) is 26.7 Å². The molecule has 7 nitrogen and oxygen atoms in total. The fourth-order valence-corrected chi connectivity index (χ4v) is 2.94. The van der Waals surface area contributed by atoms with Crippen LogP contribution < -0.4 is 0 Å². The Morgan fingerprint density at radius 3 is 2.57 bits per heavy atom. The van der Waals surface area contributed by atoms with Crippen molar-refractivity contribution in [2.45, 2.75) is 49.6 Å². The fraction of sp³-hybridized carbons (Fsp3) is 0.818. The topological polar surface area (TPSA) is 107 Å². The van der Waals surface area contributed by atoms with Crippen molar-refractivity contribution < 1.29 is 40.8 Å². The Morgan fingerprint density at radius 1 is 1.48 bits per heavy atom. The Labute approximate surface area is 119 Å². The van der Waals surface area contributed by atoms with Gasteiger partial charge in [0.2, 0.25) is 0 Å². The standard InChI is InChI=1S/C11H14F2O7S/c1-9(20-8(15)11(12,13)21(16,17)18)4-3-6-5-10(9,2)19-7(6)14/h6H,3-5H2,1-2H3,(H,16,17,18). The minimum atomic E-state index is -5.94. The molecule has 0 aromatic carbocycles. The number of carbonyl (C=O) groups excluding carboxylic acids is 2. The van der Waals surface area contributed by atoms with Crippen molar-refractivity contribution in [1.29, 1.82) is 0 Å². The molecule has 3 unspecified atom stereocenters. The smallest absolute Gasteiger partial charge is 0.455 e. The summed E-state index contributed by atoms with van der Waals surface area (Å²) in [6, 6.07) is 0. The summed E-state index contributed by atoms with van der Waals surface area (Å²) in [6.07, 6.45) is 0.524.